The highest BCUT2D eigenvalue weighted by Crippen LogP contribution is 2.30. The molecule has 9 N–H and O–H groups in total. The lowest BCUT2D eigenvalue weighted by Crippen LogP contribution is -2.65. The number of amides is 1. The van der Waals surface area contributed by atoms with Crippen molar-refractivity contribution in [1.82, 2.24) is 5.32 Å². The topological polar surface area (TPSA) is 228 Å². The van der Waals surface area contributed by atoms with E-state index in [9.17, 15) is 45.6 Å². The maximum Gasteiger partial charge on any atom is 0.220 e. The molecule has 14 heteroatoms. The molecule has 0 spiro atoms. The molecular weight excluding hydrogens is 1010 g/mol. The molecule has 0 aromatic carbocycles. The zero-order chi connectivity index (χ0) is 58.1. The largest absolute Gasteiger partial charge is 0.394 e. The first-order valence-electron chi connectivity index (χ1n) is 32.9. The Hall–Kier alpha value is -2.05. The van der Waals surface area contributed by atoms with E-state index in [0.717, 1.165) is 51.4 Å². The van der Waals surface area contributed by atoms with Gasteiger partial charge >= 0.3 is 0 Å². The van der Waals surface area contributed by atoms with Gasteiger partial charge in [0.05, 0.1) is 32.0 Å². The summed E-state index contributed by atoms with van der Waals surface area (Å²) in [5, 5.41) is 87.2. The van der Waals surface area contributed by atoms with Gasteiger partial charge in [-0.25, -0.2) is 0 Å². The monoisotopic (exact) mass is 1140 g/mol. The highest BCUT2D eigenvalue weighted by molar-refractivity contribution is 5.76. The number of carbonyl (C=O) groups is 1. The third kappa shape index (κ3) is 35.9. The van der Waals surface area contributed by atoms with E-state index in [-0.39, 0.29) is 18.9 Å². The lowest BCUT2D eigenvalue weighted by molar-refractivity contribution is -0.359. The fourth-order valence-electron chi connectivity index (χ4n) is 10.7. The third-order valence-electron chi connectivity index (χ3n) is 16.0. The fourth-order valence-corrected chi connectivity index (χ4v) is 10.7. The van der Waals surface area contributed by atoms with Crippen molar-refractivity contribution in [3.63, 3.8) is 0 Å². The van der Waals surface area contributed by atoms with Crippen LogP contribution < -0.4 is 5.32 Å². The van der Waals surface area contributed by atoms with E-state index in [4.69, 9.17) is 18.9 Å². The van der Waals surface area contributed by atoms with Crippen LogP contribution >= 0.6 is 0 Å². The zero-order valence-electron chi connectivity index (χ0n) is 50.6. The first-order valence-corrected chi connectivity index (χ1v) is 32.9. The Labute approximate surface area is 486 Å². The van der Waals surface area contributed by atoms with Gasteiger partial charge in [0.15, 0.2) is 12.6 Å². The number of rotatable bonds is 53. The lowest BCUT2D eigenvalue weighted by Gasteiger charge is -2.46. The van der Waals surface area contributed by atoms with E-state index < -0.39 is 86.8 Å². The third-order valence-corrected chi connectivity index (χ3v) is 16.0. The molecule has 2 aliphatic rings. The molecular formula is C66H121NO13. The van der Waals surface area contributed by atoms with Crippen LogP contribution in [0, 0.1) is 0 Å². The molecule has 468 valence electrons. The second-order valence-electron chi connectivity index (χ2n) is 23.2. The predicted octanol–water partition coefficient (Wildman–Crippen LogP) is 12.3. The summed E-state index contributed by atoms with van der Waals surface area (Å²) in [4.78, 5) is 13.3. The summed E-state index contributed by atoms with van der Waals surface area (Å²) >= 11 is 0. The van der Waals surface area contributed by atoms with E-state index in [2.05, 4.69) is 55.6 Å². The molecule has 2 aliphatic heterocycles. The Morgan fingerprint density at radius 1 is 0.450 bits per heavy atom. The first kappa shape index (κ1) is 74.1. The number of hydrogen-bond acceptors (Lipinski definition) is 13. The summed E-state index contributed by atoms with van der Waals surface area (Å²) in [5.41, 5.74) is 0. The number of allylic oxidation sites excluding steroid dienone is 7. The Morgan fingerprint density at radius 3 is 1.32 bits per heavy atom. The van der Waals surface area contributed by atoms with Crippen molar-refractivity contribution in [1.29, 1.82) is 0 Å². The van der Waals surface area contributed by atoms with Crippen LogP contribution in [-0.4, -0.2) is 140 Å². The predicted molar refractivity (Wildman–Crippen MR) is 323 cm³/mol. The van der Waals surface area contributed by atoms with Crippen molar-refractivity contribution in [2.24, 2.45) is 0 Å². The summed E-state index contributed by atoms with van der Waals surface area (Å²) < 4.78 is 22.8. The van der Waals surface area contributed by atoms with E-state index in [1.165, 1.54) is 186 Å². The fraction of sp³-hybridized carbons (Fsp3) is 0.864. The molecule has 80 heavy (non-hydrogen) atoms. The number of carbonyl (C=O) groups excluding carboxylic acids is 1. The number of ether oxygens (including phenoxy) is 4. The van der Waals surface area contributed by atoms with E-state index in [1.807, 2.05) is 6.08 Å². The van der Waals surface area contributed by atoms with E-state index in [1.54, 1.807) is 6.08 Å². The Bertz CT molecular complexity index is 1530. The highest BCUT2D eigenvalue weighted by atomic mass is 16.7. The molecule has 0 bridgehead atoms. The number of nitrogens with one attached hydrogen (secondary N) is 1. The van der Waals surface area contributed by atoms with E-state index in [0.29, 0.717) is 12.8 Å². The van der Waals surface area contributed by atoms with Crippen LogP contribution in [0.25, 0.3) is 0 Å². The summed E-state index contributed by atoms with van der Waals surface area (Å²) in [5.74, 6) is -0.256. The van der Waals surface area contributed by atoms with Gasteiger partial charge in [0, 0.05) is 6.42 Å². The Kier molecular flexibility index (Phi) is 47.6. The van der Waals surface area contributed by atoms with Crippen molar-refractivity contribution in [2.75, 3.05) is 19.8 Å². The minimum Gasteiger partial charge on any atom is -0.394 e. The van der Waals surface area contributed by atoms with Crippen molar-refractivity contribution < 1.29 is 64.6 Å². The van der Waals surface area contributed by atoms with Crippen LogP contribution in [-0.2, 0) is 23.7 Å². The maximum absolute atomic E-state index is 13.3. The van der Waals surface area contributed by atoms with Crippen molar-refractivity contribution in [2.45, 2.75) is 344 Å². The molecule has 2 rings (SSSR count). The van der Waals surface area contributed by atoms with Crippen LogP contribution in [0.2, 0.25) is 0 Å². The second-order valence-corrected chi connectivity index (χ2v) is 23.2. The smallest absolute Gasteiger partial charge is 0.220 e. The molecule has 0 aromatic rings. The van der Waals surface area contributed by atoms with Gasteiger partial charge in [0.25, 0.3) is 0 Å². The minimum absolute atomic E-state index is 0.256. The van der Waals surface area contributed by atoms with Crippen LogP contribution in [0.1, 0.15) is 271 Å². The molecule has 0 saturated carbocycles. The minimum atomic E-state index is -1.79. The molecule has 0 aromatic heterocycles. The van der Waals surface area contributed by atoms with Gasteiger partial charge in [-0.2, -0.15) is 0 Å². The van der Waals surface area contributed by atoms with Crippen LogP contribution in [0.15, 0.2) is 48.6 Å². The number of unbranched alkanes of at least 4 members (excludes halogenated alkanes) is 34. The van der Waals surface area contributed by atoms with Gasteiger partial charge in [0.1, 0.15) is 48.8 Å². The second kappa shape index (κ2) is 51.4. The van der Waals surface area contributed by atoms with Gasteiger partial charge in [-0.3, -0.25) is 4.79 Å². The summed E-state index contributed by atoms with van der Waals surface area (Å²) in [6.07, 6.45) is 48.8. The Morgan fingerprint density at radius 2 is 0.838 bits per heavy atom. The first-order chi connectivity index (χ1) is 39.1. The Balaban J connectivity index is 1.71. The molecule has 12 unspecified atom stereocenters. The molecule has 0 radical (unpaired) electrons. The number of hydrogen-bond donors (Lipinski definition) is 9. The molecule has 0 aliphatic carbocycles. The van der Waals surface area contributed by atoms with Crippen LogP contribution in [0.5, 0.6) is 0 Å². The summed E-state index contributed by atoms with van der Waals surface area (Å²) in [7, 11) is 0. The van der Waals surface area contributed by atoms with Crippen LogP contribution in [0.3, 0.4) is 0 Å². The normalized spacial score (nSPS) is 24.5. The van der Waals surface area contributed by atoms with Crippen LogP contribution in [0.4, 0.5) is 0 Å². The van der Waals surface area contributed by atoms with Crippen molar-refractivity contribution >= 4 is 5.91 Å². The standard InChI is InChI=1S/C66H121NO13/c1-3-5-7-9-11-13-15-17-19-21-22-23-24-25-26-27-28-29-30-31-32-34-35-37-39-41-43-45-47-49-55(70)54(67-58(71)50-48-46-44-42-40-38-36-33-20-18-16-14-12-10-8-6-4-2)53-77-65-63(76)61(74)64(57(52-69)79-65)80-66-62(75)60(73)59(72)56(51-68)78-66/h12,14,18,20,39,41,47,49,54-57,59-66,68-70,72-76H,3-11,13,15-17,19,21-38,40,42-46,48,50-53H2,1-2H3,(H,67,71)/b14-12-,20-18-,41-39+,49-47+. The molecule has 2 fully saturated rings. The number of aliphatic hydroxyl groups is 8. The highest BCUT2D eigenvalue weighted by Gasteiger charge is 2.51. The van der Waals surface area contributed by atoms with Gasteiger partial charge < -0.3 is 65.1 Å². The zero-order valence-corrected chi connectivity index (χ0v) is 50.6. The summed E-state index contributed by atoms with van der Waals surface area (Å²) in [6.45, 7) is 2.77. The van der Waals surface area contributed by atoms with E-state index >= 15 is 0 Å². The number of aliphatic hydroxyl groups excluding tert-OH is 8. The van der Waals surface area contributed by atoms with Gasteiger partial charge in [-0.1, -0.05) is 249 Å². The average molecular weight is 1140 g/mol. The summed E-state index contributed by atoms with van der Waals surface area (Å²) in [6, 6.07) is -0.937. The molecule has 1 amide bonds. The molecule has 12 atom stereocenters. The van der Waals surface area contributed by atoms with Gasteiger partial charge in [0.2, 0.25) is 5.91 Å². The van der Waals surface area contributed by atoms with Gasteiger partial charge in [-0.05, 0) is 64.2 Å². The van der Waals surface area contributed by atoms with Gasteiger partial charge in [-0.15, -0.1) is 0 Å². The van der Waals surface area contributed by atoms with Crippen molar-refractivity contribution in [3.8, 4) is 0 Å². The van der Waals surface area contributed by atoms with Crippen molar-refractivity contribution in [3.05, 3.63) is 48.6 Å². The maximum atomic E-state index is 13.3. The SMILES string of the molecule is CCCCC/C=C\C/C=C\CCCCCCCCCC(=O)NC(COC1OC(CO)C(OC2OC(CO)C(O)C(O)C2O)C(O)C1O)C(O)/C=C/CC/C=C/CCCCCCCCCCCCCCCCCCCCCCCCC. The molecule has 14 nitrogen and oxygen atoms in total. The quantitative estimate of drug-likeness (QED) is 0.0204. The molecule has 2 heterocycles. The lowest BCUT2D eigenvalue weighted by atomic mass is 9.97. The molecule has 2 saturated heterocycles. The average Bonchev–Trinajstić information content (AvgIpc) is 3.49.